The SMILES string of the molecule is COc1ccccc1CN1C(=O)C(=O)/C(=C(\O)c2ccc(OC(C)C)c(C)c2)C1c1cccs1. The van der Waals surface area contributed by atoms with Crippen molar-refractivity contribution in [1.29, 1.82) is 0 Å². The van der Waals surface area contributed by atoms with Gasteiger partial charge in [-0.1, -0.05) is 24.3 Å². The van der Waals surface area contributed by atoms with E-state index < -0.39 is 17.7 Å². The van der Waals surface area contributed by atoms with Crippen molar-refractivity contribution in [2.75, 3.05) is 7.11 Å². The lowest BCUT2D eigenvalue weighted by atomic mass is 9.98. The van der Waals surface area contributed by atoms with Crippen molar-refractivity contribution in [2.45, 2.75) is 39.5 Å². The second-order valence-corrected chi connectivity index (χ2v) is 9.38. The number of Topliss-reactive ketones (excluding diaryl/α,β-unsaturated/α-hetero) is 1. The summed E-state index contributed by atoms with van der Waals surface area (Å²) in [5.74, 6) is -0.213. The maximum absolute atomic E-state index is 13.2. The van der Waals surface area contributed by atoms with E-state index in [0.717, 1.165) is 16.0 Å². The molecule has 0 bridgehead atoms. The Morgan fingerprint density at radius 1 is 1.09 bits per heavy atom. The van der Waals surface area contributed by atoms with Crippen LogP contribution in [0.15, 0.2) is 65.6 Å². The van der Waals surface area contributed by atoms with Crippen molar-refractivity contribution < 1.29 is 24.2 Å². The summed E-state index contributed by atoms with van der Waals surface area (Å²) in [6, 6.07) is 15.7. The third-order valence-corrected chi connectivity index (χ3v) is 6.62. The van der Waals surface area contributed by atoms with Gasteiger partial charge in [0, 0.05) is 16.0 Å². The molecule has 2 aromatic carbocycles. The monoisotopic (exact) mass is 477 g/mol. The first-order valence-corrected chi connectivity index (χ1v) is 11.9. The predicted octanol–water partition coefficient (Wildman–Crippen LogP) is 5.47. The molecule has 4 rings (SSSR count). The quantitative estimate of drug-likeness (QED) is 0.277. The number of amides is 1. The number of methoxy groups -OCH3 is 1. The Labute approximate surface area is 203 Å². The minimum absolute atomic E-state index is 0.0114. The number of thiophene rings is 1. The molecule has 1 fully saturated rings. The lowest BCUT2D eigenvalue weighted by molar-refractivity contribution is -0.140. The molecule has 0 radical (unpaired) electrons. The molecule has 34 heavy (non-hydrogen) atoms. The molecule has 6 nitrogen and oxygen atoms in total. The van der Waals surface area contributed by atoms with Gasteiger partial charge in [0.05, 0.1) is 31.4 Å². The van der Waals surface area contributed by atoms with Gasteiger partial charge in [-0.3, -0.25) is 9.59 Å². The first-order chi connectivity index (χ1) is 16.3. The van der Waals surface area contributed by atoms with Crippen LogP contribution in [0.2, 0.25) is 0 Å². The molecule has 1 atom stereocenters. The molecular weight excluding hydrogens is 450 g/mol. The lowest BCUT2D eigenvalue weighted by Crippen LogP contribution is -2.29. The zero-order chi connectivity index (χ0) is 24.4. The highest BCUT2D eigenvalue weighted by Gasteiger charge is 2.46. The molecule has 1 aliphatic rings. The summed E-state index contributed by atoms with van der Waals surface area (Å²) < 4.78 is 11.2. The number of aryl methyl sites for hydroxylation is 1. The molecule has 7 heteroatoms. The van der Waals surface area contributed by atoms with Crippen LogP contribution in [0.5, 0.6) is 11.5 Å². The summed E-state index contributed by atoms with van der Waals surface area (Å²) in [6.45, 7) is 5.94. The minimum Gasteiger partial charge on any atom is -0.507 e. The Kier molecular flexibility index (Phi) is 6.75. The Morgan fingerprint density at radius 2 is 1.85 bits per heavy atom. The summed E-state index contributed by atoms with van der Waals surface area (Å²) in [4.78, 5) is 28.7. The van der Waals surface area contributed by atoms with Gasteiger partial charge in [-0.15, -0.1) is 11.3 Å². The number of ether oxygens (including phenoxy) is 2. The number of carbonyl (C=O) groups is 2. The van der Waals surface area contributed by atoms with Gasteiger partial charge in [-0.25, -0.2) is 0 Å². The fourth-order valence-corrected chi connectivity index (χ4v) is 4.99. The van der Waals surface area contributed by atoms with Gasteiger partial charge < -0.3 is 19.5 Å². The third kappa shape index (κ3) is 4.43. The van der Waals surface area contributed by atoms with Crippen molar-refractivity contribution in [3.8, 4) is 11.5 Å². The number of hydrogen-bond donors (Lipinski definition) is 1. The van der Waals surface area contributed by atoms with Crippen molar-refractivity contribution in [3.05, 3.63) is 87.1 Å². The molecule has 0 saturated carbocycles. The molecule has 1 aromatic heterocycles. The van der Waals surface area contributed by atoms with E-state index >= 15 is 0 Å². The number of hydrogen-bond acceptors (Lipinski definition) is 6. The number of aliphatic hydroxyl groups excluding tert-OH is 1. The highest BCUT2D eigenvalue weighted by atomic mass is 32.1. The molecule has 1 unspecified atom stereocenters. The summed E-state index contributed by atoms with van der Waals surface area (Å²) in [6.07, 6.45) is 0.0114. The highest BCUT2D eigenvalue weighted by Crippen LogP contribution is 2.42. The van der Waals surface area contributed by atoms with Crippen LogP contribution in [-0.2, 0) is 16.1 Å². The van der Waals surface area contributed by atoms with Gasteiger partial charge in [0.15, 0.2) is 0 Å². The van der Waals surface area contributed by atoms with Crippen LogP contribution in [0.25, 0.3) is 5.76 Å². The fraction of sp³-hybridized carbons (Fsp3) is 0.259. The number of likely N-dealkylation sites (tertiary alicyclic amines) is 1. The normalized spacial score (nSPS) is 17.4. The van der Waals surface area contributed by atoms with Crippen LogP contribution >= 0.6 is 11.3 Å². The van der Waals surface area contributed by atoms with E-state index in [0.29, 0.717) is 17.1 Å². The van der Waals surface area contributed by atoms with E-state index in [1.54, 1.807) is 25.3 Å². The van der Waals surface area contributed by atoms with Crippen molar-refractivity contribution in [2.24, 2.45) is 0 Å². The lowest BCUT2D eigenvalue weighted by Gasteiger charge is -2.25. The Bertz CT molecular complexity index is 1250. The number of ketones is 1. The number of rotatable bonds is 7. The van der Waals surface area contributed by atoms with E-state index in [4.69, 9.17) is 9.47 Å². The fourth-order valence-electron chi connectivity index (χ4n) is 4.14. The maximum Gasteiger partial charge on any atom is 0.295 e. The topological polar surface area (TPSA) is 76.1 Å². The van der Waals surface area contributed by atoms with Crippen LogP contribution in [0.3, 0.4) is 0 Å². The molecule has 0 spiro atoms. The number of nitrogens with zero attached hydrogens (tertiary/aromatic N) is 1. The van der Waals surface area contributed by atoms with Crippen molar-refractivity contribution in [3.63, 3.8) is 0 Å². The van der Waals surface area contributed by atoms with E-state index in [1.807, 2.05) is 62.5 Å². The standard InChI is InChI=1S/C27H27NO5S/c1-16(2)33-20-12-11-18(14-17(20)3)25(29)23-24(22-10-7-13-34-22)28(27(31)26(23)30)15-19-8-5-6-9-21(19)32-4/h5-14,16,24,29H,15H2,1-4H3/b25-23-. The molecule has 1 amide bonds. The van der Waals surface area contributed by atoms with E-state index in [9.17, 15) is 14.7 Å². The zero-order valence-electron chi connectivity index (χ0n) is 19.6. The number of para-hydroxylation sites is 1. The molecule has 1 saturated heterocycles. The molecule has 3 aromatic rings. The predicted molar refractivity (Wildman–Crippen MR) is 132 cm³/mol. The van der Waals surface area contributed by atoms with Gasteiger partial charge in [-0.2, -0.15) is 0 Å². The third-order valence-electron chi connectivity index (χ3n) is 5.70. The molecule has 176 valence electrons. The van der Waals surface area contributed by atoms with Gasteiger partial charge in [-0.05, 0) is 62.0 Å². The number of aliphatic hydroxyl groups is 1. The summed E-state index contributed by atoms with van der Waals surface area (Å²) in [7, 11) is 1.57. The summed E-state index contributed by atoms with van der Waals surface area (Å²) >= 11 is 1.43. The van der Waals surface area contributed by atoms with Crippen molar-refractivity contribution in [1.82, 2.24) is 4.90 Å². The molecular formula is C27H27NO5S. The van der Waals surface area contributed by atoms with Gasteiger partial charge in [0.25, 0.3) is 11.7 Å². The maximum atomic E-state index is 13.2. The Balaban J connectivity index is 1.80. The van der Waals surface area contributed by atoms with Gasteiger partial charge in [0.2, 0.25) is 0 Å². The van der Waals surface area contributed by atoms with E-state index in [2.05, 4.69) is 0 Å². The van der Waals surface area contributed by atoms with E-state index in [1.165, 1.54) is 16.2 Å². The highest BCUT2D eigenvalue weighted by molar-refractivity contribution is 7.10. The molecule has 1 N–H and O–H groups in total. The Morgan fingerprint density at radius 3 is 2.50 bits per heavy atom. The largest absolute Gasteiger partial charge is 0.507 e. The minimum atomic E-state index is -0.703. The smallest absolute Gasteiger partial charge is 0.295 e. The van der Waals surface area contributed by atoms with Crippen LogP contribution in [0.4, 0.5) is 0 Å². The molecule has 2 heterocycles. The van der Waals surface area contributed by atoms with E-state index in [-0.39, 0.29) is 24.0 Å². The number of carbonyl (C=O) groups excluding carboxylic acids is 2. The van der Waals surface area contributed by atoms with Crippen molar-refractivity contribution >= 4 is 28.8 Å². The van der Waals surface area contributed by atoms with Crippen LogP contribution in [0, 0.1) is 6.92 Å². The Hall–Kier alpha value is -3.58. The van der Waals surface area contributed by atoms with Crippen LogP contribution in [0.1, 0.15) is 41.5 Å². The average Bonchev–Trinajstić information content (AvgIpc) is 3.43. The number of benzene rings is 2. The second kappa shape index (κ2) is 9.73. The van der Waals surface area contributed by atoms with Gasteiger partial charge >= 0.3 is 0 Å². The summed E-state index contributed by atoms with van der Waals surface area (Å²) in [5, 5.41) is 13.2. The second-order valence-electron chi connectivity index (χ2n) is 8.40. The molecule has 1 aliphatic heterocycles. The first kappa shape index (κ1) is 23.6. The van der Waals surface area contributed by atoms with Gasteiger partial charge in [0.1, 0.15) is 17.3 Å². The molecule has 0 aliphatic carbocycles. The summed E-state index contributed by atoms with van der Waals surface area (Å²) in [5.41, 5.74) is 2.15. The average molecular weight is 478 g/mol. The van der Waals surface area contributed by atoms with Crippen LogP contribution in [-0.4, -0.2) is 34.9 Å². The first-order valence-electron chi connectivity index (χ1n) is 11.0. The van der Waals surface area contributed by atoms with Crippen LogP contribution < -0.4 is 9.47 Å². The zero-order valence-corrected chi connectivity index (χ0v) is 20.4.